The van der Waals surface area contributed by atoms with Crippen LogP contribution in [0.3, 0.4) is 0 Å². The van der Waals surface area contributed by atoms with Crippen molar-refractivity contribution in [2.75, 3.05) is 0 Å². The van der Waals surface area contributed by atoms with Gasteiger partial charge < -0.3 is 9.67 Å². The van der Waals surface area contributed by atoms with Gasteiger partial charge in [-0.3, -0.25) is 4.79 Å². The summed E-state index contributed by atoms with van der Waals surface area (Å²) in [5, 5.41) is 9.11. The fraction of sp³-hybridized carbons (Fsp3) is 0.692. The molecule has 0 radical (unpaired) electrons. The van der Waals surface area contributed by atoms with Crippen LogP contribution in [0.5, 0.6) is 0 Å². The van der Waals surface area contributed by atoms with Crippen molar-refractivity contribution in [3.63, 3.8) is 0 Å². The Morgan fingerprint density at radius 2 is 2.00 bits per heavy atom. The van der Waals surface area contributed by atoms with Gasteiger partial charge in [0, 0.05) is 11.7 Å². The molecule has 4 heteroatoms. The van der Waals surface area contributed by atoms with Gasteiger partial charge >= 0.3 is 5.97 Å². The lowest BCUT2D eigenvalue weighted by Gasteiger charge is -2.23. The summed E-state index contributed by atoms with van der Waals surface area (Å²) in [6.45, 7) is 5.72. The fourth-order valence-corrected chi connectivity index (χ4v) is 2.67. The SMILES string of the molecule is Cc1nc2c(n1C(C)C(C)C(=O)O)CCCC2. The van der Waals surface area contributed by atoms with Gasteiger partial charge in [0.15, 0.2) is 0 Å². The summed E-state index contributed by atoms with van der Waals surface area (Å²) in [5.74, 6) is -0.165. The van der Waals surface area contributed by atoms with E-state index in [-0.39, 0.29) is 12.0 Å². The van der Waals surface area contributed by atoms with Crippen LogP contribution in [-0.4, -0.2) is 20.6 Å². The summed E-state index contributed by atoms with van der Waals surface area (Å²) < 4.78 is 2.13. The smallest absolute Gasteiger partial charge is 0.308 e. The largest absolute Gasteiger partial charge is 0.481 e. The molecule has 0 amide bonds. The third kappa shape index (κ3) is 2.08. The Bertz CT molecular complexity index is 437. The minimum absolute atomic E-state index is 0.0261. The van der Waals surface area contributed by atoms with Gasteiger partial charge in [-0.15, -0.1) is 0 Å². The summed E-state index contributed by atoms with van der Waals surface area (Å²) in [5.41, 5.74) is 2.44. The van der Waals surface area contributed by atoms with Gasteiger partial charge in [-0.1, -0.05) is 0 Å². The molecule has 4 nitrogen and oxygen atoms in total. The summed E-state index contributed by atoms with van der Waals surface area (Å²) in [6, 6.07) is -0.0261. The molecule has 1 aliphatic rings. The van der Waals surface area contributed by atoms with E-state index in [1.807, 2.05) is 13.8 Å². The van der Waals surface area contributed by atoms with Gasteiger partial charge in [0.05, 0.1) is 11.6 Å². The highest BCUT2D eigenvalue weighted by Crippen LogP contribution is 2.28. The number of carboxylic acids is 1. The molecule has 1 aromatic rings. The molecule has 1 heterocycles. The van der Waals surface area contributed by atoms with Crippen molar-refractivity contribution in [1.82, 2.24) is 9.55 Å². The predicted molar refractivity (Wildman–Crippen MR) is 65.1 cm³/mol. The van der Waals surface area contributed by atoms with Crippen molar-refractivity contribution in [1.29, 1.82) is 0 Å². The number of carbonyl (C=O) groups is 1. The first-order valence-electron chi connectivity index (χ1n) is 6.31. The number of aliphatic carboxylic acids is 1. The van der Waals surface area contributed by atoms with Crippen LogP contribution in [0.2, 0.25) is 0 Å². The van der Waals surface area contributed by atoms with Crippen LogP contribution in [-0.2, 0) is 17.6 Å². The van der Waals surface area contributed by atoms with E-state index in [1.165, 1.54) is 24.2 Å². The highest BCUT2D eigenvalue weighted by Gasteiger charge is 2.27. The lowest BCUT2D eigenvalue weighted by atomic mass is 9.98. The van der Waals surface area contributed by atoms with Crippen molar-refractivity contribution in [2.24, 2.45) is 5.92 Å². The van der Waals surface area contributed by atoms with E-state index in [2.05, 4.69) is 9.55 Å². The molecule has 1 aromatic heterocycles. The maximum absolute atomic E-state index is 11.1. The summed E-state index contributed by atoms with van der Waals surface area (Å²) in [7, 11) is 0. The molecule has 2 unspecified atom stereocenters. The number of hydrogen-bond donors (Lipinski definition) is 1. The Kier molecular flexibility index (Phi) is 3.22. The van der Waals surface area contributed by atoms with E-state index in [1.54, 1.807) is 6.92 Å². The average Bonchev–Trinajstić information content (AvgIpc) is 2.62. The van der Waals surface area contributed by atoms with Crippen LogP contribution >= 0.6 is 0 Å². The molecule has 1 N–H and O–H groups in total. The Hall–Kier alpha value is -1.32. The van der Waals surface area contributed by atoms with E-state index in [4.69, 9.17) is 5.11 Å². The monoisotopic (exact) mass is 236 g/mol. The first kappa shape index (κ1) is 12.1. The molecule has 0 aliphatic heterocycles. The van der Waals surface area contributed by atoms with Crippen LogP contribution in [0.25, 0.3) is 0 Å². The molecular weight excluding hydrogens is 216 g/mol. The first-order chi connectivity index (χ1) is 8.02. The van der Waals surface area contributed by atoms with Crippen molar-refractivity contribution in [2.45, 2.75) is 52.5 Å². The zero-order chi connectivity index (χ0) is 12.6. The number of aryl methyl sites for hydroxylation is 2. The highest BCUT2D eigenvalue weighted by atomic mass is 16.4. The number of carboxylic acid groups (broad SMARTS) is 1. The van der Waals surface area contributed by atoms with E-state index in [9.17, 15) is 4.79 Å². The third-order valence-corrected chi connectivity index (χ3v) is 3.87. The van der Waals surface area contributed by atoms with Crippen molar-refractivity contribution < 1.29 is 9.90 Å². The van der Waals surface area contributed by atoms with Crippen molar-refractivity contribution in [3.8, 4) is 0 Å². The van der Waals surface area contributed by atoms with Crippen LogP contribution < -0.4 is 0 Å². The lowest BCUT2D eigenvalue weighted by molar-refractivity contribution is -0.142. The van der Waals surface area contributed by atoms with E-state index >= 15 is 0 Å². The first-order valence-corrected chi connectivity index (χ1v) is 6.31. The molecule has 0 spiro atoms. The van der Waals surface area contributed by atoms with E-state index in [0.29, 0.717) is 0 Å². The van der Waals surface area contributed by atoms with Gasteiger partial charge in [0.25, 0.3) is 0 Å². The van der Waals surface area contributed by atoms with Gasteiger partial charge in [-0.05, 0) is 46.5 Å². The molecule has 17 heavy (non-hydrogen) atoms. The molecule has 0 bridgehead atoms. The average molecular weight is 236 g/mol. The number of fused-ring (bicyclic) bond motifs is 1. The van der Waals surface area contributed by atoms with E-state index in [0.717, 1.165) is 18.7 Å². The molecule has 94 valence electrons. The summed E-state index contributed by atoms with van der Waals surface area (Å²) in [6.07, 6.45) is 4.46. The van der Waals surface area contributed by atoms with Crippen LogP contribution in [0.4, 0.5) is 0 Å². The molecular formula is C13H20N2O2. The summed E-state index contributed by atoms with van der Waals surface area (Å²) in [4.78, 5) is 15.7. The van der Waals surface area contributed by atoms with E-state index < -0.39 is 5.97 Å². The third-order valence-electron chi connectivity index (χ3n) is 3.87. The Balaban J connectivity index is 2.37. The van der Waals surface area contributed by atoms with Gasteiger partial charge in [0.2, 0.25) is 0 Å². The van der Waals surface area contributed by atoms with Gasteiger partial charge in [-0.2, -0.15) is 0 Å². The maximum Gasteiger partial charge on any atom is 0.308 e. The number of imidazole rings is 1. The molecule has 1 aliphatic carbocycles. The van der Waals surface area contributed by atoms with Crippen LogP contribution in [0.15, 0.2) is 0 Å². The molecule has 2 atom stereocenters. The second-order valence-corrected chi connectivity index (χ2v) is 5.00. The molecule has 2 rings (SSSR count). The molecule has 0 saturated heterocycles. The van der Waals surface area contributed by atoms with Crippen LogP contribution in [0.1, 0.15) is 49.9 Å². The number of rotatable bonds is 3. The number of nitrogens with zero attached hydrogens (tertiary/aromatic N) is 2. The standard InChI is InChI=1S/C13H20N2O2/c1-8(13(16)17)9(2)15-10(3)14-11-6-4-5-7-12(11)15/h8-9H,4-7H2,1-3H3,(H,16,17). The predicted octanol–water partition coefficient (Wildman–Crippen LogP) is 2.35. The minimum atomic E-state index is -0.741. The zero-order valence-corrected chi connectivity index (χ0v) is 10.7. The zero-order valence-electron chi connectivity index (χ0n) is 10.7. The second kappa shape index (κ2) is 4.51. The summed E-state index contributed by atoms with van der Waals surface area (Å²) >= 11 is 0. The Labute approximate surface area is 102 Å². The molecule has 0 aromatic carbocycles. The van der Waals surface area contributed by atoms with Crippen molar-refractivity contribution in [3.05, 3.63) is 17.2 Å². The fourth-order valence-electron chi connectivity index (χ4n) is 2.67. The molecule has 0 saturated carbocycles. The second-order valence-electron chi connectivity index (χ2n) is 5.00. The highest BCUT2D eigenvalue weighted by molar-refractivity contribution is 5.70. The van der Waals surface area contributed by atoms with Crippen molar-refractivity contribution >= 4 is 5.97 Å². The van der Waals surface area contributed by atoms with Gasteiger partial charge in [0.1, 0.15) is 5.82 Å². The topological polar surface area (TPSA) is 55.1 Å². The number of aromatic nitrogens is 2. The Morgan fingerprint density at radius 1 is 1.35 bits per heavy atom. The quantitative estimate of drug-likeness (QED) is 0.876. The maximum atomic E-state index is 11.1. The Morgan fingerprint density at radius 3 is 2.65 bits per heavy atom. The lowest BCUT2D eigenvalue weighted by Crippen LogP contribution is -2.24. The van der Waals surface area contributed by atoms with Gasteiger partial charge in [-0.25, -0.2) is 4.98 Å². The normalized spacial score (nSPS) is 18.5. The minimum Gasteiger partial charge on any atom is -0.481 e. The number of hydrogen-bond acceptors (Lipinski definition) is 2. The molecule has 0 fully saturated rings. The van der Waals surface area contributed by atoms with Crippen LogP contribution in [0, 0.1) is 12.8 Å².